The van der Waals surface area contributed by atoms with Gasteiger partial charge >= 0.3 is 5.97 Å². The summed E-state index contributed by atoms with van der Waals surface area (Å²) in [5.41, 5.74) is -0.0385. The van der Waals surface area contributed by atoms with E-state index in [4.69, 9.17) is 16.7 Å². The average Bonchev–Trinajstić information content (AvgIpc) is 2.46. The van der Waals surface area contributed by atoms with Crippen LogP contribution in [0.2, 0.25) is 5.02 Å². The Kier molecular flexibility index (Phi) is 4.63. The van der Waals surface area contributed by atoms with Crippen LogP contribution >= 0.6 is 11.6 Å². The van der Waals surface area contributed by atoms with Crippen LogP contribution in [0.15, 0.2) is 35.2 Å². The minimum absolute atomic E-state index is 0.00464. The number of halogens is 2. The maximum atomic E-state index is 14.0. The van der Waals surface area contributed by atoms with E-state index in [9.17, 15) is 17.6 Å². The zero-order valence-electron chi connectivity index (χ0n) is 12.2. The highest BCUT2D eigenvalue weighted by Gasteiger charge is 2.22. The third-order valence-electron chi connectivity index (χ3n) is 3.27. The Labute approximate surface area is 137 Å². The molecule has 0 saturated heterocycles. The molecule has 0 aliphatic rings. The Balaban J connectivity index is 2.56. The normalized spacial score (nSPS) is 11.3. The number of benzene rings is 2. The summed E-state index contributed by atoms with van der Waals surface area (Å²) < 4.78 is 41.1. The first-order valence-corrected chi connectivity index (χ1v) is 8.31. The maximum absolute atomic E-state index is 14.0. The number of carboxylic acid groups (broad SMARTS) is 1. The highest BCUT2D eigenvalue weighted by molar-refractivity contribution is 7.92. The Morgan fingerprint density at radius 3 is 2.52 bits per heavy atom. The molecule has 0 atom stereocenters. The Bertz CT molecular complexity index is 897. The van der Waals surface area contributed by atoms with Crippen molar-refractivity contribution in [3.8, 4) is 0 Å². The fourth-order valence-corrected chi connectivity index (χ4v) is 3.61. The zero-order valence-corrected chi connectivity index (χ0v) is 13.8. The van der Waals surface area contributed by atoms with Gasteiger partial charge in [-0.2, -0.15) is 0 Å². The quantitative estimate of drug-likeness (QED) is 0.875. The van der Waals surface area contributed by atoms with Gasteiger partial charge in [0, 0.05) is 5.02 Å². The van der Waals surface area contributed by atoms with Crippen LogP contribution in [-0.2, 0) is 10.0 Å². The van der Waals surface area contributed by atoms with Gasteiger partial charge in [0.05, 0.1) is 16.1 Å². The van der Waals surface area contributed by atoms with Crippen LogP contribution in [-0.4, -0.2) is 19.5 Å². The lowest BCUT2D eigenvalue weighted by Gasteiger charge is -2.13. The minimum Gasteiger partial charge on any atom is -0.478 e. The van der Waals surface area contributed by atoms with E-state index in [1.54, 1.807) is 0 Å². The van der Waals surface area contributed by atoms with Crippen LogP contribution in [0.4, 0.5) is 10.1 Å². The predicted molar refractivity (Wildman–Crippen MR) is 85.1 cm³/mol. The molecular weight excluding hydrogens is 345 g/mol. The topological polar surface area (TPSA) is 83.5 Å². The molecule has 8 heteroatoms. The van der Waals surface area contributed by atoms with Crippen molar-refractivity contribution in [3.63, 3.8) is 0 Å². The van der Waals surface area contributed by atoms with E-state index in [0.717, 1.165) is 12.1 Å². The van der Waals surface area contributed by atoms with Crippen molar-refractivity contribution >= 4 is 33.3 Å². The fourth-order valence-electron chi connectivity index (χ4n) is 1.98. The molecular formula is C15H13ClFNO4S. The van der Waals surface area contributed by atoms with Crippen LogP contribution in [0.5, 0.6) is 0 Å². The molecule has 0 saturated carbocycles. The van der Waals surface area contributed by atoms with Crippen LogP contribution in [0, 0.1) is 19.7 Å². The molecule has 0 spiro atoms. The summed E-state index contributed by atoms with van der Waals surface area (Å²) >= 11 is 5.90. The van der Waals surface area contributed by atoms with Crippen molar-refractivity contribution in [1.29, 1.82) is 0 Å². The molecule has 5 nitrogen and oxygen atoms in total. The molecule has 0 fully saturated rings. The zero-order chi connectivity index (χ0) is 17.4. The molecule has 0 unspecified atom stereocenters. The second-order valence-corrected chi connectivity index (χ2v) is 6.99. The van der Waals surface area contributed by atoms with Crippen LogP contribution in [0.25, 0.3) is 0 Å². The van der Waals surface area contributed by atoms with Crippen molar-refractivity contribution in [3.05, 3.63) is 57.9 Å². The number of aromatic carboxylic acids is 1. The molecule has 0 aromatic heterocycles. The second kappa shape index (κ2) is 6.17. The van der Waals surface area contributed by atoms with Crippen molar-refractivity contribution in [2.24, 2.45) is 0 Å². The Morgan fingerprint density at radius 1 is 1.26 bits per heavy atom. The highest BCUT2D eigenvalue weighted by Crippen LogP contribution is 2.28. The fraction of sp³-hybridized carbons (Fsp3) is 0.133. The second-order valence-electron chi connectivity index (χ2n) is 4.93. The molecule has 0 aliphatic heterocycles. The van der Waals surface area contributed by atoms with Gasteiger partial charge in [-0.15, -0.1) is 0 Å². The Morgan fingerprint density at radius 2 is 1.91 bits per heavy atom. The number of nitrogens with one attached hydrogen (secondary N) is 1. The number of aryl methyl sites for hydroxylation is 1. The molecule has 0 amide bonds. The maximum Gasteiger partial charge on any atom is 0.335 e. The molecule has 2 N–H and O–H groups in total. The van der Waals surface area contributed by atoms with Crippen LogP contribution in [0.1, 0.15) is 21.5 Å². The van der Waals surface area contributed by atoms with Crippen LogP contribution < -0.4 is 4.72 Å². The van der Waals surface area contributed by atoms with E-state index in [1.165, 1.54) is 32.0 Å². The van der Waals surface area contributed by atoms with Gasteiger partial charge in [-0.25, -0.2) is 17.6 Å². The highest BCUT2D eigenvalue weighted by atomic mass is 35.5. The smallest absolute Gasteiger partial charge is 0.335 e. The molecule has 0 aliphatic carbocycles. The lowest BCUT2D eigenvalue weighted by molar-refractivity contribution is 0.0696. The largest absolute Gasteiger partial charge is 0.478 e. The Hall–Kier alpha value is -2.12. The van der Waals surface area contributed by atoms with Crippen molar-refractivity contribution in [2.75, 3.05) is 4.72 Å². The van der Waals surface area contributed by atoms with Gasteiger partial charge in [0.2, 0.25) is 0 Å². The lowest BCUT2D eigenvalue weighted by atomic mass is 10.1. The van der Waals surface area contributed by atoms with Crippen LogP contribution in [0.3, 0.4) is 0 Å². The lowest BCUT2D eigenvalue weighted by Crippen LogP contribution is -2.16. The summed E-state index contributed by atoms with van der Waals surface area (Å²) in [6.45, 7) is 2.94. The van der Waals surface area contributed by atoms with Gasteiger partial charge in [0.15, 0.2) is 0 Å². The SMILES string of the molecule is Cc1cccc(NS(=O)(=O)c2cc(C(=O)O)cc(Cl)c2C)c1F. The first-order chi connectivity index (χ1) is 10.6. The first kappa shape index (κ1) is 17.2. The molecule has 0 heterocycles. The van der Waals surface area contributed by atoms with E-state index >= 15 is 0 Å². The number of anilines is 1. The average molecular weight is 358 g/mol. The van der Waals surface area contributed by atoms with Gasteiger partial charge in [0.25, 0.3) is 10.0 Å². The van der Waals surface area contributed by atoms with Gasteiger partial charge in [-0.05, 0) is 43.2 Å². The number of carbonyl (C=O) groups is 1. The van der Waals surface area contributed by atoms with Crippen molar-refractivity contribution < 1.29 is 22.7 Å². The molecule has 0 radical (unpaired) electrons. The van der Waals surface area contributed by atoms with E-state index in [1.807, 2.05) is 0 Å². The van der Waals surface area contributed by atoms with E-state index in [2.05, 4.69) is 4.72 Å². The summed E-state index contributed by atoms with van der Waals surface area (Å²) in [5.74, 6) is -2.01. The van der Waals surface area contributed by atoms with Crippen molar-refractivity contribution in [2.45, 2.75) is 18.7 Å². The molecule has 2 aromatic carbocycles. The summed E-state index contributed by atoms with van der Waals surface area (Å²) in [6.07, 6.45) is 0. The first-order valence-electron chi connectivity index (χ1n) is 6.45. The molecule has 2 aromatic rings. The molecule has 23 heavy (non-hydrogen) atoms. The van der Waals surface area contributed by atoms with E-state index in [0.29, 0.717) is 0 Å². The summed E-state index contributed by atoms with van der Waals surface area (Å²) in [5, 5.41) is 9.02. The minimum atomic E-state index is -4.20. The standard InChI is InChI=1S/C15H13ClFNO4S/c1-8-4-3-5-12(14(8)17)18-23(21,22)13-7-10(15(19)20)6-11(16)9(13)2/h3-7,18H,1-2H3,(H,19,20). The van der Waals surface area contributed by atoms with Gasteiger partial charge < -0.3 is 5.11 Å². The number of carboxylic acids is 1. The summed E-state index contributed by atoms with van der Waals surface area (Å²) in [7, 11) is -4.20. The van der Waals surface area contributed by atoms with Crippen molar-refractivity contribution in [1.82, 2.24) is 0 Å². The molecule has 122 valence electrons. The van der Waals surface area contributed by atoms with E-state index < -0.39 is 21.8 Å². The monoisotopic (exact) mass is 357 g/mol. The summed E-state index contributed by atoms with van der Waals surface area (Å²) in [6, 6.07) is 6.42. The molecule has 0 bridgehead atoms. The number of sulfonamides is 1. The van der Waals surface area contributed by atoms with Gasteiger partial charge in [0.1, 0.15) is 5.82 Å². The van der Waals surface area contributed by atoms with Gasteiger partial charge in [-0.3, -0.25) is 4.72 Å². The number of rotatable bonds is 4. The van der Waals surface area contributed by atoms with E-state index in [-0.39, 0.29) is 32.3 Å². The summed E-state index contributed by atoms with van der Waals surface area (Å²) in [4.78, 5) is 10.8. The number of hydrogen-bond acceptors (Lipinski definition) is 3. The molecule has 2 rings (SSSR count). The third-order valence-corrected chi connectivity index (χ3v) is 5.15. The number of hydrogen-bond donors (Lipinski definition) is 2. The predicted octanol–water partition coefficient (Wildman–Crippen LogP) is 3.59. The van der Waals surface area contributed by atoms with Gasteiger partial charge in [-0.1, -0.05) is 23.7 Å². The third kappa shape index (κ3) is 3.46.